The van der Waals surface area contributed by atoms with Gasteiger partial charge in [0.25, 0.3) is 0 Å². The second-order valence-electron chi connectivity index (χ2n) is 11.5. The van der Waals surface area contributed by atoms with Gasteiger partial charge in [0, 0.05) is 17.4 Å². The van der Waals surface area contributed by atoms with Crippen molar-refractivity contribution in [2.75, 3.05) is 13.7 Å². The highest BCUT2D eigenvalue weighted by molar-refractivity contribution is 6.74. The number of benzene rings is 1. The molecule has 0 bridgehead atoms. The van der Waals surface area contributed by atoms with Crippen molar-refractivity contribution in [3.63, 3.8) is 0 Å². The van der Waals surface area contributed by atoms with Crippen LogP contribution in [0.1, 0.15) is 66.2 Å². The van der Waals surface area contributed by atoms with Crippen LogP contribution in [0.15, 0.2) is 36.9 Å². The molecule has 0 saturated carbocycles. The van der Waals surface area contributed by atoms with Crippen molar-refractivity contribution in [2.45, 2.75) is 97.1 Å². The van der Waals surface area contributed by atoms with Gasteiger partial charge in [-0.05, 0) is 49.0 Å². The average Bonchev–Trinajstić information content (AvgIpc) is 2.80. The molecule has 1 N–H and O–H groups in total. The van der Waals surface area contributed by atoms with Gasteiger partial charge in [-0.15, -0.1) is 6.58 Å². The Labute approximate surface area is 209 Å². The maximum absolute atomic E-state index is 11.5. The zero-order valence-electron chi connectivity index (χ0n) is 22.8. The van der Waals surface area contributed by atoms with E-state index in [9.17, 15) is 5.11 Å². The van der Waals surface area contributed by atoms with E-state index in [1.165, 1.54) is 0 Å². The molecular weight excluding hydrogens is 444 g/mol. The zero-order valence-corrected chi connectivity index (χ0v) is 23.8. The van der Waals surface area contributed by atoms with E-state index in [-0.39, 0.29) is 35.0 Å². The van der Waals surface area contributed by atoms with E-state index in [1.807, 2.05) is 30.3 Å². The first-order valence-corrected chi connectivity index (χ1v) is 15.6. The maximum atomic E-state index is 11.5. The second-order valence-corrected chi connectivity index (χ2v) is 16.2. The van der Waals surface area contributed by atoms with E-state index in [0.717, 1.165) is 24.2 Å². The van der Waals surface area contributed by atoms with Gasteiger partial charge in [0.1, 0.15) is 5.75 Å². The van der Waals surface area contributed by atoms with Crippen LogP contribution in [0.4, 0.5) is 0 Å². The average molecular weight is 493 g/mol. The van der Waals surface area contributed by atoms with Crippen LogP contribution in [-0.4, -0.2) is 45.5 Å². The zero-order chi connectivity index (χ0) is 25.7. The summed E-state index contributed by atoms with van der Waals surface area (Å²) >= 11 is 0. The summed E-state index contributed by atoms with van der Waals surface area (Å²) in [5.74, 6) is 0.979. The van der Waals surface area contributed by atoms with Gasteiger partial charge < -0.3 is 23.7 Å². The Bertz CT molecular complexity index is 757. The van der Waals surface area contributed by atoms with Gasteiger partial charge in [-0.25, -0.2) is 0 Å². The fourth-order valence-electron chi connectivity index (χ4n) is 4.43. The number of hydrogen-bond acceptors (Lipinski definition) is 5. The molecule has 1 aliphatic heterocycles. The largest absolute Gasteiger partial charge is 0.497 e. The predicted molar refractivity (Wildman–Crippen MR) is 142 cm³/mol. The third kappa shape index (κ3) is 7.17. The van der Waals surface area contributed by atoms with Gasteiger partial charge in [-0.1, -0.05) is 59.8 Å². The Kier molecular flexibility index (Phi) is 10.4. The number of ether oxygens (including phenoxy) is 3. The quantitative estimate of drug-likeness (QED) is 0.274. The van der Waals surface area contributed by atoms with Crippen LogP contribution in [0.25, 0.3) is 0 Å². The van der Waals surface area contributed by atoms with Crippen molar-refractivity contribution in [3.8, 4) is 5.75 Å². The van der Waals surface area contributed by atoms with Gasteiger partial charge in [-0.2, -0.15) is 0 Å². The first kappa shape index (κ1) is 29.0. The van der Waals surface area contributed by atoms with Crippen LogP contribution in [-0.2, 0) is 13.9 Å². The molecule has 1 heterocycles. The Morgan fingerprint density at radius 3 is 2.32 bits per heavy atom. The standard InChI is InChI=1S/C28H48O5Si/c1-11-12-19(2)26(33-34(9,10)28(5,6)7)21(4)25(29)20(3)24-17-18-31-27(32-24)22-13-15-23(30-8)16-14-22/h11,13-16,19-21,24-27,29H,1,12,17-18H2,2-10H3/t19-,20+,21+,24+,25+,26+,27?/m0/s1. The van der Waals surface area contributed by atoms with Crippen LogP contribution in [0.5, 0.6) is 5.75 Å². The molecule has 6 heteroatoms. The van der Waals surface area contributed by atoms with Crippen LogP contribution in [0.2, 0.25) is 18.1 Å². The van der Waals surface area contributed by atoms with E-state index in [2.05, 4.69) is 61.2 Å². The predicted octanol–water partition coefficient (Wildman–Crippen LogP) is 6.74. The lowest BCUT2D eigenvalue weighted by molar-refractivity contribution is -0.237. The fraction of sp³-hybridized carbons (Fsp3) is 0.714. The molecule has 2 rings (SSSR count). The molecule has 0 spiro atoms. The highest BCUT2D eigenvalue weighted by Gasteiger charge is 2.44. The van der Waals surface area contributed by atoms with Crippen molar-refractivity contribution in [1.29, 1.82) is 0 Å². The van der Waals surface area contributed by atoms with Gasteiger partial charge in [0.05, 0.1) is 32.0 Å². The molecule has 34 heavy (non-hydrogen) atoms. The molecule has 1 aromatic rings. The monoisotopic (exact) mass is 492 g/mol. The van der Waals surface area contributed by atoms with Crippen molar-refractivity contribution in [1.82, 2.24) is 0 Å². The Hall–Kier alpha value is -1.18. The minimum absolute atomic E-state index is 0.0371. The molecule has 0 radical (unpaired) electrons. The molecule has 7 atom stereocenters. The van der Waals surface area contributed by atoms with Crippen molar-refractivity contribution >= 4 is 8.32 Å². The third-order valence-electron chi connectivity index (χ3n) is 7.88. The molecule has 1 fully saturated rings. The summed E-state index contributed by atoms with van der Waals surface area (Å²) < 4.78 is 24.4. The maximum Gasteiger partial charge on any atom is 0.192 e. The third-order valence-corrected chi connectivity index (χ3v) is 12.3. The Morgan fingerprint density at radius 2 is 1.79 bits per heavy atom. The van der Waals surface area contributed by atoms with E-state index in [1.54, 1.807) is 7.11 Å². The minimum atomic E-state index is -2.01. The Morgan fingerprint density at radius 1 is 1.18 bits per heavy atom. The second kappa shape index (κ2) is 12.2. The van der Waals surface area contributed by atoms with E-state index in [4.69, 9.17) is 18.6 Å². The summed E-state index contributed by atoms with van der Waals surface area (Å²) in [6.45, 7) is 22.3. The highest BCUT2D eigenvalue weighted by atomic mass is 28.4. The molecule has 0 aromatic heterocycles. The smallest absolute Gasteiger partial charge is 0.192 e. The highest BCUT2D eigenvalue weighted by Crippen LogP contribution is 2.41. The summed E-state index contributed by atoms with van der Waals surface area (Å²) in [5.41, 5.74) is 0.957. The SMILES string of the molecule is C=CC[C@H](C)[C@@H](O[Si](C)(C)C(C)(C)C)[C@H](C)[C@H](O)[C@H](C)[C@H]1CCOC(c2ccc(OC)cc2)O1. The van der Waals surface area contributed by atoms with E-state index in [0.29, 0.717) is 6.61 Å². The van der Waals surface area contributed by atoms with Crippen molar-refractivity contribution in [2.24, 2.45) is 17.8 Å². The number of rotatable bonds is 11. The molecule has 1 saturated heterocycles. The normalized spacial score (nSPS) is 24.1. The van der Waals surface area contributed by atoms with Crippen LogP contribution < -0.4 is 4.74 Å². The first-order chi connectivity index (χ1) is 15.8. The van der Waals surface area contributed by atoms with Crippen LogP contribution >= 0.6 is 0 Å². The molecule has 1 unspecified atom stereocenters. The van der Waals surface area contributed by atoms with Gasteiger partial charge in [0.15, 0.2) is 14.6 Å². The minimum Gasteiger partial charge on any atom is -0.497 e. The number of aliphatic hydroxyl groups is 1. The van der Waals surface area contributed by atoms with Gasteiger partial charge in [-0.3, -0.25) is 0 Å². The summed E-state index contributed by atoms with van der Waals surface area (Å²) in [4.78, 5) is 0. The summed E-state index contributed by atoms with van der Waals surface area (Å²) in [7, 11) is -0.359. The van der Waals surface area contributed by atoms with E-state index < -0.39 is 20.7 Å². The summed E-state index contributed by atoms with van der Waals surface area (Å²) in [6, 6.07) is 7.76. The summed E-state index contributed by atoms with van der Waals surface area (Å²) in [6.07, 6.45) is 2.44. The fourth-order valence-corrected chi connectivity index (χ4v) is 5.91. The first-order valence-electron chi connectivity index (χ1n) is 12.7. The molecule has 5 nitrogen and oxygen atoms in total. The van der Waals surface area contributed by atoms with Gasteiger partial charge >= 0.3 is 0 Å². The molecule has 1 aliphatic rings. The lowest BCUT2D eigenvalue weighted by Crippen LogP contribution is -2.51. The number of aliphatic hydroxyl groups excluding tert-OH is 1. The Balaban J connectivity index is 2.15. The van der Waals surface area contributed by atoms with Crippen LogP contribution in [0, 0.1) is 17.8 Å². The number of hydrogen-bond donors (Lipinski definition) is 1. The molecule has 0 aliphatic carbocycles. The van der Waals surface area contributed by atoms with E-state index >= 15 is 0 Å². The van der Waals surface area contributed by atoms with Gasteiger partial charge in [0.2, 0.25) is 0 Å². The lowest BCUT2D eigenvalue weighted by atomic mass is 9.81. The lowest BCUT2D eigenvalue weighted by Gasteiger charge is -2.45. The molecule has 194 valence electrons. The molecular formula is C28H48O5Si. The molecule has 1 aromatic carbocycles. The number of methoxy groups -OCH3 is 1. The molecule has 0 amide bonds. The topological polar surface area (TPSA) is 57.2 Å². The summed E-state index contributed by atoms with van der Waals surface area (Å²) in [5, 5.41) is 11.6. The van der Waals surface area contributed by atoms with Crippen LogP contribution in [0.3, 0.4) is 0 Å². The van der Waals surface area contributed by atoms with Crippen molar-refractivity contribution < 1.29 is 23.7 Å². The van der Waals surface area contributed by atoms with Crippen molar-refractivity contribution in [3.05, 3.63) is 42.5 Å². The number of allylic oxidation sites excluding steroid dienone is 1.